The monoisotopic (exact) mass is 435 g/mol. The Morgan fingerprint density at radius 1 is 1.14 bits per heavy atom. The van der Waals surface area contributed by atoms with Gasteiger partial charge in [-0.25, -0.2) is 4.79 Å². The highest BCUT2D eigenvalue weighted by molar-refractivity contribution is 6.42. The summed E-state index contributed by atoms with van der Waals surface area (Å²) in [5.41, 5.74) is 1.04. The van der Waals surface area contributed by atoms with Gasteiger partial charge in [0.25, 0.3) is 5.91 Å². The molecule has 1 aliphatic rings. The van der Waals surface area contributed by atoms with Crippen molar-refractivity contribution in [3.8, 4) is 0 Å². The first-order valence-corrected chi connectivity index (χ1v) is 9.72. The summed E-state index contributed by atoms with van der Waals surface area (Å²) in [4.78, 5) is 39.3. The minimum atomic E-state index is -1.06. The van der Waals surface area contributed by atoms with Crippen LogP contribution in [0.2, 0.25) is 10.0 Å². The van der Waals surface area contributed by atoms with Gasteiger partial charge >= 0.3 is 12.0 Å². The van der Waals surface area contributed by atoms with Crippen molar-refractivity contribution in [3.63, 3.8) is 0 Å². The quantitative estimate of drug-likeness (QED) is 0.700. The summed E-state index contributed by atoms with van der Waals surface area (Å²) in [5.74, 6) is -1.76. The molecule has 7 nitrogen and oxygen atoms in total. The van der Waals surface area contributed by atoms with Crippen molar-refractivity contribution in [2.24, 2.45) is 5.92 Å². The number of benzene rings is 2. The number of ether oxygens (including phenoxy) is 1. The second-order valence-corrected chi connectivity index (χ2v) is 7.16. The topological polar surface area (TPSA) is 87.7 Å². The zero-order valence-corrected chi connectivity index (χ0v) is 17.0. The van der Waals surface area contributed by atoms with Gasteiger partial charge in [0.1, 0.15) is 12.0 Å². The highest BCUT2D eigenvalue weighted by Crippen LogP contribution is 2.27. The number of esters is 1. The van der Waals surface area contributed by atoms with E-state index in [4.69, 9.17) is 27.9 Å². The van der Waals surface area contributed by atoms with Gasteiger partial charge < -0.3 is 20.3 Å². The van der Waals surface area contributed by atoms with Crippen molar-refractivity contribution in [1.29, 1.82) is 0 Å². The molecule has 0 spiro atoms. The first kappa shape index (κ1) is 21.0. The molecule has 2 atom stereocenters. The molecule has 152 valence electrons. The fourth-order valence-corrected chi connectivity index (χ4v) is 3.38. The molecule has 29 heavy (non-hydrogen) atoms. The fraction of sp³-hybridized carbons (Fsp3) is 0.250. The van der Waals surface area contributed by atoms with Crippen molar-refractivity contribution < 1.29 is 19.1 Å². The second-order valence-electron chi connectivity index (χ2n) is 6.35. The molecule has 0 radical (unpaired) electrons. The number of anilines is 2. The lowest BCUT2D eigenvalue weighted by Gasteiger charge is -2.18. The largest absolute Gasteiger partial charge is 0.466 e. The van der Waals surface area contributed by atoms with Gasteiger partial charge in [-0.2, -0.15) is 0 Å². The standard InChI is InChI=1S/C20H19Cl2N3O4/c1-2-29-19(27)14-11-25(13-6-4-3-5-7-13)18(26)17(14)24-20(28)23-12-8-9-15(21)16(22)10-12/h3-10,14,17H,2,11H2,1H3,(H2,23,24,28). The third-order valence-electron chi connectivity index (χ3n) is 4.44. The molecule has 0 aliphatic carbocycles. The van der Waals surface area contributed by atoms with Crippen LogP contribution in [0.25, 0.3) is 0 Å². The zero-order valence-electron chi connectivity index (χ0n) is 15.5. The zero-order chi connectivity index (χ0) is 21.0. The predicted molar refractivity (Wildman–Crippen MR) is 111 cm³/mol. The van der Waals surface area contributed by atoms with E-state index in [0.29, 0.717) is 16.4 Å². The molecule has 2 unspecified atom stereocenters. The van der Waals surface area contributed by atoms with Gasteiger partial charge in [-0.15, -0.1) is 0 Å². The van der Waals surface area contributed by atoms with Crippen LogP contribution in [0.15, 0.2) is 48.5 Å². The molecular formula is C20H19Cl2N3O4. The molecule has 1 saturated heterocycles. The molecule has 0 aromatic heterocycles. The van der Waals surface area contributed by atoms with Crippen LogP contribution in [0.3, 0.4) is 0 Å². The van der Waals surface area contributed by atoms with Crippen molar-refractivity contribution in [2.75, 3.05) is 23.4 Å². The van der Waals surface area contributed by atoms with Gasteiger partial charge in [-0.05, 0) is 37.3 Å². The van der Waals surface area contributed by atoms with E-state index in [9.17, 15) is 14.4 Å². The maximum atomic E-state index is 12.9. The van der Waals surface area contributed by atoms with Gasteiger partial charge in [0.2, 0.25) is 0 Å². The number of carbonyl (C=O) groups excluding carboxylic acids is 3. The van der Waals surface area contributed by atoms with E-state index in [2.05, 4.69) is 10.6 Å². The Labute approximate surface area is 177 Å². The molecule has 3 rings (SSSR count). The predicted octanol–water partition coefficient (Wildman–Crippen LogP) is 3.71. The molecule has 2 aromatic carbocycles. The van der Waals surface area contributed by atoms with E-state index in [0.717, 1.165) is 0 Å². The fourth-order valence-electron chi connectivity index (χ4n) is 3.08. The van der Waals surface area contributed by atoms with E-state index in [1.54, 1.807) is 43.3 Å². The Balaban J connectivity index is 1.77. The van der Waals surface area contributed by atoms with E-state index in [1.807, 2.05) is 6.07 Å². The molecule has 1 fully saturated rings. The van der Waals surface area contributed by atoms with Crippen LogP contribution in [0, 0.1) is 5.92 Å². The Kier molecular flexibility index (Phi) is 6.61. The first-order chi connectivity index (χ1) is 13.9. The Bertz CT molecular complexity index is 923. The number of carbonyl (C=O) groups is 3. The van der Waals surface area contributed by atoms with Gasteiger partial charge in [0.15, 0.2) is 0 Å². The van der Waals surface area contributed by atoms with Crippen LogP contribution in [0.4, 0.5) is 16.2 Å². The van der Waals surface area contributed by atoms with Gasteiger partial charge in [-0.1, -0.05) is 41.4 Å². The molecule has 0 saturated carbocycles. The Morgan fingerprint density at radius 3 is 2.52 bits per heavy atom. The van der Waals surface area contributed by atoms with E-state index in [1.165, 1.54) is 11.0 Å². The van der Waals surface area contributed by atoms with Crippen molar-refractivity contribution in [3.05, 3.63) is 58.6 Å². The summed E-state index contributed by atoms with van der Waals surface area (Å²) in [7, 11) is 0. The van der Waals surface area contributed by atoms with Crippen LogP contribution < -0.4 is 15.5 Å². The van der Waals surface area contributed by atoms with Crippen LogP contribution in [0.5, 0.6) is 0 Å². The summed E-state index contributed by atoms with van der Waals surface area (Å²) in [6.07, 6.45) is 0. The smallest absolute Gasteiger partial charge is 0.319 e. The summed E-state index contributed by atoms with van der Waals surface area (Å²) >= 11 is 11.8. The maximum Gasteiger partial charge on any atom is 0.319 e. The molecule has 2 N–H and O–H groups in total. The van der Waals surface area contributed by atoms with E-state index >= 15 is 0 Å². The molecule has 0 bridgehead atoms. The lowest BCUT2D eigenvalue weighted by molar-refractivity contribution is -0.148. The SMILES string of the molecule is CCOC(=O)C1CN(c2ccccc2)C(=O)C1NC(=O)Nc1ccc(Cl)c(Cl)c1. The third kappa shape index (κ3) is 4.81. The minimum absolute atomic E-state index is 0.111. The lowest BCUT2D eigenvalue weighted by Crippen LogP contribution is -2.47. The maximum absolute atomic E-state index is 12.9. The van der Waals surface area contributed by atoms with E-state index in [-0.39, 0.29) is 18.2 Å². The van der Waals surface area contributed by atoms with Gasteiger partial charge in [-0.3, -0.25) is 9.59 Å². The Morgan fingerprint density at radius 2 is 1.86 bits per heavy atom. The highest BCUT2D eigenvalue weighted by atomic mass is 35.5. The normalized spacial score (nSPS) is 18.4. The highest BCUT2D eigenvalue weighted by Gasteiger charge is 2.46. The Hall–Kier alpha value is -2.77. The van der Waals surface area contributed by atoms with Crippen molar-refractivity contribution >= 4 is 52.5 Å². The molecular weight excluding hydrogens is 417 g/mol. The third-order valence-corrected chi connectivity index (χ3v) is 5.17. The molecule has 1 heterocycles. The molecule has 9 heteroatoms. The van der Waals surface area contributed by atoms with Crippen molar-refractivity contribution in [2.45, 2.75) is 13.0 Å². The molecule has 1 aliphatic heterocycles. The first-order valence-electron chi connectivity index (χ1n) is 8.96. The average Bonchev–Trinajstić information content (AvgIpc) is 3.02. The van der Waals surface area contributed by atoms with Gasteiger partial charge in [0.05, 0.1) is 16.7 Å². The number of hydrogen-bond acceptors (Lipinski definition) is 4. The number of amides is 3. The average molecular weight is 436 g/mol. The summed E-state index contributed by atoms with van der Waals surface area (Å²) in [6, 6.07) is 11.8. The molecule has 2 aromatic rings. The van der Waals surface area contributed by atoms with Gasteiger partial charge in [0, 0.05) is 17.9 Å². The van der Waals surface area contributed by atoms with Crippen LogP contribution in [-0.4, -0.2) is 37.1 Å². The van der Waals surface area contributed by atoms with Crippen LogP contribution in [0.1, 0.15) is 6.92 Å². The minimum Gasteiger partial charge on any atom is -0.466 e. The number of rotatable bonds is 5. The number of para-hydroxylation sites is 1. The number of halogens is 2. The van der Waals surface area contributed by atoms with Crippen LogP contribution in [-0.2, 0) is 14.3 Å². The lowest BCUT2D eigenvalue weighted by atomic mass is 10.0. The summed E-state index contributed by atoms with van der Waals surface area (Å²) < 4.78 is 5.10. The molecule has 3 amide bonds. The number of hydrogen-bond donors (Lipinski definition) is 2. The summed E-state index contributed by atoms with van der Waals surface area (Å²) in [6.45, 7) is 1.97. The van der Waals surface area contributed by atoms with Crippen LogP contribution >= 0.6 is 23.2 Å². The van der Waals surface area contributed by atoms with E-state index < -0.39 is 29.9 Å². The second kappa shape index (κ2) is 9.15. The number of nitrogens with zero attached hydrogens (tertiary/aromatic N) is 1. The van der Waals surface area contributed by atoms with Crippen molar-refractivity contribution in [1.82, 2.24) is 5.32 Å². The summed E-state index contributed by atoms with van der Waals surface area (Å²) in [5, 5.41) is 5.80. The number of nitrogens with one attached hydrogen (secondary N) is 2. The number of urea groups is 1.